The maximum absolute atomic E-state index is 12.5. The first kappa shape index (κ1) is 14.5. The van der Waals surface area contributed by atoms with Gasteiger partial charge in [0.25, 0.3) is 0 Å². The maximum Gasteiger partial charge on any atom is 0.193 e. The molecule has 0 atom stereocenters. The van der Waals surface area contributed by atoms with Crippen molar-refractivity contribution in [2.75, 3.05) is 6.61 Å². The van der Waals surface area contributed by atoms with Crippen molar-refractivity contribution in [3.63, 3.8) is 0 Å². The highest BCUT2D eigenvalue weighted by Gasteiger charge is 2.19. The minimum atomic E-state index is -0.124. The Kier molecular flexibility index (Phi) is 3.31. The van der Waals surface area contributed by atoms with Crippen LogP contribution in [0.1, 0.15) is 12.5 Å². The molecule has 0 fully saturated rings. The zero-order valence-electron chi connectivity index (χ0n) is 13.0. The Morgan fingerprint density at radius 2 is 1.88 bits per heavy atom. The lowest BCUT2D eigenvalue weighted by atomic mass is 10.0. The average Bonchev–Trinajstić information content (AvgIpc) is 2.61. The molecule has 0 N–H and O–H groups in total. The summed E-state index contributed by atoms with van der Waals surface area (Å²) in [6, 6.07) is 14.4. The van der Waals surface area contributed by atoms with Crippen LogP contribution in [0.3, 0.4) is 0 Å². The summed E-state index contributed by atoms with van der Waals surface area (Å²) in [5, 5.41) is 0.470. The minimum Gasteiger partial charge on any atom is -0.488 e. The highest BCUT2D eigenvalue weighted by molar-refractivity contribution is 6.02. The molecule has 1 aliphatic heterocycles. The molecule has 3 aromatic rings. The van der Waals surface area contributed by atoms with Crippen molar-refractivity contribution in [1.29, 1.82) is 0 Å². The van der Waals surface area contributed by atoms with Gasteiger partial charge in [0.15, 0.2) is 11.2 Å². The number of Topliss-reactive ketones (excluding diaryl/α,β-unsaturated/α-hetero) is 1. The fourth-order valence-electron chi connectivity index (χ4n) is 2.80. The molecule has 0 amide bonds. The van der Waals surface area contributed by atoms with Crippen LogP contribution in [0.25, 0.3) is 28.4 Å². The molecule has 0 saturated carbocycles. The Labute approximate surface area is 138 Å². The van der Waals surface area contributed by atoms with Gasteiger partial charge >= 0.3 is 0 Å². The Morgan fingerprint density at radius 3 is 2.62 bits per heavy atom. The summed E-state index contributed by atoms with van der Waals surface area (Å²) in [5.41, 5.74) is 2.33. The number of carbonyl (C=O) groups excluding carboxylic acids is 1. The number of fused-ring (bicyclic) bond motifs is 3. The van der Waals surface area contributed by atoms with E-state index in [4.69, 9.17) is 9.15 Å². The highest BCUT2D eigenvalue weighted by atomic mass is 16.5. The lowest BCUT2D eigenvalue weighted by Crippen LogP contribution is -2.13. The second kappa shape index (κ2) is 5.49. The summed E-state index contributed by atoms with van der Waals surface area (Å²) in [4.78, 5) is 24.1. The van der Waals surface area contributed by atoms with Crippen molar-refractivity contribution in [2.45, 2.75) is 6.92 Å². The number of ether oxygens (including phenoxy) is 1. The van der Waals surface area contributed by atoms with Gasteiger partial charge in [-0.25, -0.2) is 0 Å². The van der Waals surface area contributed by atoms with E-state index in [-0.39, 0.29) is 17.8 Å². The van der Waals surface area contributed by atoms with Gasteiger partial charge in [-0.2, -0.15) is 0 Å². The SMILES string of the molecule is CC(=O)C1=Cc2c(ccc3c(=O)cc(-c4ccccc4)oc23)OC1. The van der Waals surface area contributed by atoms with E-state index >= 15 is 0 Å². The summed E-state index contributed by atoms with van der Waals surface area (Å²) in [6.07, 6.45) is 1.75. The smallest absolute Gasteiger partial charge is 0.193 e. The van der Waals surface area contributed by atoms with Gasteiger partial charge in [0.2, 0.25) is 0 Å². The van der Waals surface area contributed by atoms with Crippen LogP contribution in [-0.2, 0) is 4.79 Å². The van der Waals surface area contributed by atoms with Gasteiger partial charge < -0.3 is 9.15 Å². The fraction of sp³-hybridized carbons (Fsp3) is 0.100. The third-order valence-corrected chi connectivity index (χ3v) is 4.11. The third kappa shape index (κ3) is 2.33. The second-order valence-corrected chi connectivity index (χ2v) is 5.71. The van der Waals surface area contributed by atoms with Crippen molar-refractivity contribution >= 4 is 22.8 Å². The van der Waals surface area contributed by atoms with Gasteiger partial charge in [-0.15, -0.1) is 0 Å². The highest BCUT2D eigenvalue weighted by Crippen LogP contribution is 2.34. The molecule has 0 spiro atoms. The summed E-state index contributed by atoms with van der Waals surface area (Å²) in [7, 11) is 0. The molecule has 4 heteroatoms. The molecule has 1 aromatic heterocycles. The van der Waals surface area contributed by atoms with Crippen molar-refractivity contribution in [2.24, 2.45) is 0 Å². The van der Waals surface area contributed by atoms with E-state index in [1.54, 1.807) is 18.2 Å². The van der Waals surface area contributed by atoms with Crippen LogP contribution in [0, 0.1) is 0 Å². The number of hydrogen-bond acceptors (Lipinski definition) is 4. The first-order valence-electron chi connectivity index (χ1n) is 7.64. The maximum atomic E-state index is 12.5. The fourth-order valence-corrected chi connectivity index (χ4v) is 2.80. The van der Waals surface area contributed by atoms with E-state index in [1.165, 1.54) is 13.0 Å². The third-order valence-electron chi connectivity index (χ3n) is 4.11. The molecule has 4 nitrogen and oxygen atoms in total. The molecule has 2 aromatic carbocycles. The van der Waals surface area contributed by atoms with Crippen LogP contribution in [0.4, 0.5) is 0 Å². The van der Waals surface area contributed by atoms with Gasteiger partial charge in [0.1, 0.15) is 23.7 Å². The van der Waals surface area contributed by atoms with Crippen LogP contribution >= 0.6 is 0 Å². The van der Waals surface area contributed by atoms with Crippen LogP contribution in [0.2, 0.25) is 0 Å². The lowest BCUT2D eigenvalue weighted by Gasteiger charge is -2.17. The Hall–Kier alpha value is -3.14. The molecule has 0 radical (unpaired) electrons. The zero-order chi connectivity index (χ0) is 16.7. The van der Waals surface area contributed by atoms with Crippen LogP contribution in [0.15, 0.2) is 63.3 Å². The number of ketones is 1. The van der Waals surface area contributed by atoms with E-state index < -0.39 is 0 Å². The molecule has 0 saturated heterocycles. The quantitative estimate of drug-likeness (QED) is 0.720. The monoisotopic (exact) mass is 318 g/mol. The lowest BCUT2D eigenvalue weighted by molar-refractivity contribution is -0.113. The molecular weight excluding hydrogens is 304 g/mol. The molecule has 0 unspecified atom stereocenters. The molecular formula is C20H14O4. The Balaban J connectivity index is 2.02. The van der Waals surface area contributed by atoms with E-state index in [0.717, 1.165) is 5.56 Å². The van der Waals surface area contributed by atoms with Crippen LogP contribution in [0.5, 0.6) is 5.75 Å². The predicted molar refractivity (Wildman–Crippen MR) is 92.1 cm³/mol. The number of carbonyl (C=O) groups is 1. The molecule has 4 rings (SSSR count). The van der Waals surface area contributed by atoms with Crippen molar-refractivity contribution < 1.29 is 13.9 Å². The number of benzene rings is 2. The Bertz CT molecular complexity index is 1040. The van der Waals surface area contributed by atoms with Crippen LogP contribution in [-0.4, -0.2) is 12.4 Å². The van der Waals surface area contributed by atoms with Crippen molar-refractivity contribution in [3.05, 3.63) is 69.9 Å². The van der Waals surface area contributed by atoms with Gasteiger partial charge in [-0.05, 0) is 25.1 Å². The second-order valence-electron chi connectivity index (χ2n) is 5.71. The average molecular weight is 318 g/mol. The van der Waals surface area contributed by atoms with E-state index in [0.29, 0.717) is 33.6 Å². The van der Waals surface area contributed by atoms with Crippen LogP contribution < -0.4 is 10.2 Å². The van der Waals surface area contributed by atoms with Gasteiger partial charge in [0, 0.05) is 17.2 Å². The zero-order valence-corrected chi connectivity index (χ0v) is 13.0. The standard InChI is InChI=1S/C20H14O4/c1-12(21)14-9-16-18(23-11-14)8-7-15-17(22)10-19(24-20(15)16)13-5-3-2-4-6-13/h2-10H,11H2,1H3. The molecule has 0 aliphatic carbocycles. The molecule has 1 aliphatic rings. The van der Waals surface area contributed by atoms with Gasteiger partial charge in [-0.3, -0.25) is 9.59 Å². The van der Waals surface area contributed by atoms with Gasteiger partial charge in [-0.1, -0.05) is 30.3 Å². The van der Waals surface area contributed by atoms with Crippen molar-refractivity contribution in [3.8, 4) is 17.1 Å². The normalized spacial score (nSPS) is 13.1. The number of rotatable bonds is 2. The predicted octanol–water partition coefficient (Wildman–Crippen LogP) is 3.82. The van der Waals surface area contributed by atoms with Gasteiger partial charge in [0.05, 0.1) is 10.9 Å². The summed E-state index contributed by atoms with van der Waals surface area (Å²) in [5.74, 6) is 1.05. The molecule has 2 heterocycles. The minimum absolute atomic E-state index is 0.0563. The summed E-state index contributed by atoms with van der Waals surface area (Å²) in [6.45, 7) is 1.73. The summed E-state index contributed by atoms with van der Waals surface area (Å²) < 4.78 is 11.7. The van der Waals surface area contributed by atoms with E-state index in [9.17, 15) is 9.59 Å². The topological polar surface area (TPSA) is 56.5 Å². The first-order chi connectivity index (χ1) is 11.6. The molecule has 118 valence electrons. The van der Waals surface area contributed by atoms with E-state index in [2.05, 4.69) is 0 Å². The Morgan fingerprint density at radius 1 is 1.08 bits per heavy atom. The molecule has 0 bridgehead atoms. The van der Waals surface area contributed by atoms with Crippen molar-refractivity contribution in [1.82, 2.24) is 0 Å². The van der Waals surface area contributed by atoms with E-state index in [1.807, 2.05) is 30.3 Å². The first-order valence-corrected chi connectivity index (χ1v) is 7.64. The number of hydrogen-bond donors (Lipinski definition) is 0. The summed E-state index contributed by atoms with van der Waals surface area (Å²) >= 11 is 0. The largest absolute Gasteiger partial charge is 0.488 e. The molecule has 24 heavy (non-hydrogen) atoms.